The zero-order valence-electron chi connectivity index (χ0n) is 16.9. The number of para-hydroxylation sites is 1. The first kappa shape index (κ1) is 20.3. The maximum atomic E-state index is 10.4. The van der Waals surface area contributed by atoms with E-state index in [1.807, 2.05) is 49.4 Å². The minimum atomic E-state index is -0.512. The van der Waals surface area contributed by atoms with E-state index in [-0.39, 0.29) is 0 Å². The van der Waals surface area contributed by atoms with Gasteiger partial charge in [-0.1, -0.05) is 18.2 Å². The molecule has 0 spiro atoms. The minimum absolute atomic E-state index is 0.303. The van der Waals surface area contributed by atoms with Gasteiger partial charge in [-0.2, -0.15) is 0 Å². The number of aliphatic hydroxyl groups is 1. The lowest BCUT2D eigenvalue weighted by molar-refractivity contribution is 0.0660. The van der Waals surface area contributed by atoms with Crippen molar-refractivity contribution in [2.45, 2.75) is 13.0 Å². The van der Waals surface area contributed by atoms with Crippen LogP contribution in [0.25, 0.3) is 0 Å². The van der Waals surface area contributed by atoms with Crippen LogP contribution in [0.15, 0.2) is 42.5 Å². The molecular weight excluding hydrogens is 356 g/mol. The number of aliphatic hydroxyl groups excluding tert-OH is 1. The standard InChI is InChI=1S/C22H30N2O4/c1-17-6-4-5-7-21(17)28-16-18(25)15-23-10-12-24(13-11-23)20-9-8-19(26-2)14-22(20)27-3/h4-9,14,18,25H,10-13,15-16H2,1-3H3. The maximum absolute atomic E-state index is 10.4. The molecule has 2 aromatic carbocycles. The molecule has 0 bridgehead atoms. The highest BCUT2D eigenvalue weighted by atomic mass is 16.5. The van der Waals surface area contributed by atoms with Crippen molar-refractivity contribution in [3.63, 3.8) is 0 Å². The van der Waals surface area contributed by atoms with Gasteiger partial charge in [-0.25, -0.2) is 0 Å². The Bertz CT molecular complexity index is 760. The molecular formula is C22H30N2O4. The summed E-state index contributed by atoms with van der Waals surface area (Å²) in [5.41, 5.74) is 2.16. The van der Waals surface area contributed by atoms with Gasteiger partial charge in [0.1, 0.15) is 30.0 Å². The number of nitrogens with zero attached hydrogens (tertiary/aromatic N) is 2. The number of piperazine rings is 1. The Labute approximate surface area is 167 Å². The van der Waals surface area contributed by atoms with Crippen LogP contribution in [0.5, 0.6) is 17.2 Å². The second-order valence-electron chi connectivity index (χ2n) is 7.06. The summed E-state index contributed by atoms with van der Waals surface area (Å²) in [7, 11) is 3.33. The van der Waals surface area contributed by atoms with Gasteiger partial charge in [0.25, 0.3) is 0 Å². The summed E-state index contributed by atoms with van der Waals surface area (Å²) >= 11 is 0. The third kappa shape index (κ3) is 5.09. The SMILES string of the molecule is COc1ccc(N2CCN(CC(O)COc3ccccc3C)CC2)c(OC)c1. The molecule has 28 heavy (non-hydrogen) atoms. The summed E-state index contributed by atoms with van der Waals surface area (Å²) in [6, 6.07) is 13.8. The molecule has 152 valence electrons. The van der Waals surface area contributed by atoms with Crippen LogP contribution >= 0.6 is 0 Å². The molecule has 1 fully saturated rings. The normalized spacial score (nSPS) is 15.9. The Morgan fingerprint density at radius 1 is 0.964 bits per heavy atom. The number of anilines is 1. The van der Waals surface area contributed by atoms with Crippen LogP contribution < -0.4 is 19.1 Å². The Hall–Kier alpha value is -2.44. The monoisotopic (exact) mass is 386 g/mol. The molecule has 3 rings (SSSR count). The molecule has 0 saturated carbocycles. The molecule has 0 aliphatic carbocycles. The van der Waals surface area contributed by atoms with Crippen LogP contribution in [0, 0.1) is 6.92 Å². The fourth-order valence-corrected chi connectivity index (χ4v) is 3.47. The van der Waals surface area contributed by atoms with Gasteiger partial charge in [-0.15, -0.1) is 0 Å². The molecule has 1 aliphatic heterocycles. The van der Waals surface area contributed by atoms with Gasteiger partial charge in [0, 0.05) is 38.8 Å². The molecule has 0 radical (unpaired) electrons. The third-order valence-electron chi connectivity index (χ3n) is 5.09. The van der Waals surface area contributed by atoms with E-state index in [1.54, 1.807) is 14.2 Å². The maximum Gasteiger partial charge on any atom is 0.145 e. The summed E-state index contributed by atoms with van der Waals surface area (Å²) in [4.78, 5) is 4.59. The van der Waals surface area contributed by atoms with Gasteiger partial charge in [-0.05, 0) is 30.7 Å². The fraction of sp³-hybridized carbons (Fsp3) is 0.455. The van der Waals surface area contributed by atoms with E-state index in [2.05, 4.69) is 9.80 Å². The summed E-state index contributed by atoms with van der Waals surface area (Å²) in [5.74, 6) is 2.44. The van der Waals surface area contributed by atoms with E-state index in [9.17, 15) is 5.11 Å². The largest absolute Gasteiger partial charge is 0.497 e. The number of benzene rings is 2. The van der Waals surface area contributed by atoms with E-state index in [1.165, 1.54) is 0 Å². The number of β-amino-alcohol motifs (C(OH)–C–C–N with tert-alkyl or cyclic N) is 1. The lowest BCUT2D eigenvalue weighted by atomic mass is 10.2. The molecule has 6 nitrogen and oxygen atoms in total. The first-order valence-electron chi connectivity index (χ1n) is 9.66. The third-order valence-corrected chi connectivity index (χ3v) is 5.09. The molecule has 1 heterocycles. The predicted octanol–water partition coefficient (Wildman–Crippen LogP) is 2.57. The summed E-state index contributed by atoms with van der Waals surface area (Å²) in [6.45, 7) is 6.46. The highest BCUT2D eigenvalue weighted by molar-refractivity contribution is 5.61. The molecule has 1 N–H and O–H groups in total. The number of aryl methyl sites for hydroxylation is 1. The van der Waals surface area contributed by atoms with Gasteiger partial charge in [0.05, 0.1) is 19.9 Å². The molecule has 1 saturated heterocycles. The molecule has 2 aromatic rings. The highest BCUT2D eigenvalue weighted by Crippen LogP contribution is 2.32. The van der Waals surface area contributed by atoms with Crippen LogP contribution in [-0.4, -0.2) is 69.7 Å². The highest BCUT2D eigenvalue weighted by Gasteiger charge is 2.22. The average molecular weight is 386 g/mol. The molecule has 1 atom stereocenters. The van der Waals surface area contributed by atoms with Gasteiger partial charge in [-0.3, -0.25) is 4.90 Å². The van der Waals surface area contributed by atoms with Crippen LogP contribution in [-0.2, 0) is 0 Å². The van der Waals surface area contributed by atoms with Crippen molar-refractivity contribution >= 4 is 5.69 Å². The van der Waals surface area contributed by atoms with Gasteiger partial charge in [0.15, 0.2) is 0 Å². The molecule has 0 aromatic heterocycles. The van der Waals surface area contributed by atoms with Crippen LogP contribution in [0.2, 0.25) is 0 Å². The second kappa shape index (κ2) is 9.66. The zero-order chi connectivity index (χ0) is 19.9. The van der Waals surface area contributed by atoms with E-state index in [0.29, 0.717) is 13.2 Å². The van der Waals surface area contributed by atoms with Crippen molar-refractivity contribution in [3.8, 4) is 17.2 Å². The second-order valence-corrected chi connectivity index (χ2v) is 7.06. The van der Waals surface area contributed by atoms with E-state index in [4.69, 9.17) is 14.2 Å². The van der Waals surface area contributed by atoms with Crippen molar-refractivity contribution in [1.82, 2.24) is 4.90 Å². The summed E-state index contributed by atoms with van der Waals surface area (Å²) in [5, 5.41) is 10.4. The number of hydrogen-bond acceptors (Lipinski definition) is 6. The Balaban J connectivity index is 1.48. The number of methoxy groups -OCH3 is 2. The zero-order valence-corrected chi connectivity index (χ0v) is 16.9. The number of hydrogen-bond donors (Lipinski definition) is 1. The Kier molecular flexibility index (Phi) is 7.01. The summed E-state index contributed by atoms with van der Waals surface area (Å²) < 4.78 is 16.6. The molecule has 6 heteroatoms. The fourth-order valence-electron chi connectivity index (χ4n) is 3.47. The van der Waals surface area contributed by atoms with Crippen molar-refractivity contribution in [3.05, 3.63) is 48.0 Å². The Morgan fingerprint density at radius 3 is 2.39 bits per heavy atom. The van der Waals surface area contributed by atoms with E-state index < -0.39 is 6.10 Å². The lowest BCUT2D eigenvalue weighted by Crippen LogP contribution is -2.49. The molecule has 0 amide bonds. The van der Waals surface area contributed by atoms with Gasteiger partial charge < -0.3 is 24.2 Å². The smallest absolute Gasteiger partial charge is 0.145 e. The first-order chi connectivity index (χ1) is 13.6. The first-order valence-corrected chi connectivity index (χ1v) is 9.66. The van der Waals surface area contributed by atoms with E-state index in [0.717, 1.165) is 54.7 Å². The van der Waals surface area contributed by atoms with Crippen LogP contribution in [0.4, 0.5) is 5.69 Å². The molecule has 1 unspecified atom stereocenters. The quantitative estimate of drug-likeness (QED) is 0.753. The lowest BCUT2D eigenvalue weighted by Gasteiger charge is -2.37. The van der Waals surface area contributed by atoms with Crippen molar-refractivity contribution in [2.75, 3.05) is 58.5 Å². The summed E-state index contributed by atoms with van der Waals surface area (Å²) in [6.07, 6.45) is -0.512. The van der Waals surface area contributed by atoms with Crippen molar-refractivity contribution < 1.29 is 19.3 Å². The minimum Gasteiger partial charge on any atom is -0.497 e. The van der Waals surface area contributed by atoms with Gasteiger partial charge in [0.2, 0.25) is 0 Å². The van der Waals surface area contributed by atoms with E-state index >= 15 is 0 Å². The van der Waals surface area contributed by atoms with Gasteiger partial charge >= 0.3 is 0 Å². The molecule has 1 aliphatic rings. The van der Waals surface area contributed by atoms with Crippen molar-refractivity contribution in [1.29, 1.82) is 0 Å². The topological polar surface area (TPSA) is 54.4 Å². The van der Waals surface area contributed by atoms with Crippen molar-refractivity contribution in [2.24, 2.45) is 0 Å². The Morgan fingerprint density at radius 2 is 1.71 bits per heavy atom. The van der Waals surface area contributed by atoms with Crippen LogP contribution in [0.3, 0.4) is 0 Å². The number of rotatable bonds is 8. The predicted molar refractivity (Wildman–Crippen MR) is 111 cm³/mol. The average Bonchev–Trinajstić information content (AvgIpc) is 2.73. The van der Waals surface area contributed by atoms with Crippen LogP contribution in [0.1, 0.15) is 5.56 Å². The number of ether oxygens (including phenoxy) is 3.